The Kier molecular flexibility index (Phi) is 7.43. The van der Waals surface area contributed by atoms with Crippen LogP contribution >= 0.6 is 11.6 Å². The van der Waals surface area contributed by atoms with Gasteiger partial charge >= 0.3 is 6.09 Å². The maximum atomic E-state index is 12.8. The summed E-state index contributed by atoms with van der Waals surface area (Å²) in [5.74, 6) is -0.658. The van der Waals surface area contributed by atoms with Crippen molar-refractivity contribution in [2.24, 2.45) is 5.92 Å². The average Bonchev–Trinajstić information content (AvgIpc) is 3.08. The number of hydrogen-bond acceptors (Lipinski definition) is 5. The molecule has 0 aliphatic carbocycles. The highest BCUT2D eigenvalue weighted by Gasteiger charge is 2.42. The fourth-order valence-electron chi connectivity index (χ4n) is 4.94. The van der Waals surface area contributed by atoms with Gasteiger partial charge in [0.2, 0.25) is 0 Å². The predicted molar refractivity (Wildman–Crippen MR) is 137 cm³/mol. The van der Waals surface area contributed by atoms with Gasteiger partial charge in [0.1, 0.15) is 5.60 Å². The van der Waals surface area contributed by atoms with E-state index in [-0.39, 0.29) is 37.0 Å². The van der Waals surface area contributed by atoms with Crippen LogP contribution in [0.4, 0.5) is 4.79 Å². The first-order valence-electron chi connectivity index (χ1n) is 12.3. The van der Waals surface area contributed by atoms with Crippen molar-refractivity contribution in [2.75, 3.05) is 26.2 Å². The van der Waals surface area contributed by atoms with Gasteiger partial charge in [0.25, 0.3) is 11.8 Å². The summed E-state index contributed by atoms with van der Waals surface area (Å²) in [6.07, 6.45) is 1.31. The summed E-state index contributed by atoms with van der Waals surface area (Å²) in [5.41, 5.74) is 0.335. The Morgan fingerprint density at radius 1 is 1.03 bits per heavy atom. The molecule has 1 saturated heterocycles. The summed E-state index contributed by atoms with van der Waals surface area (Å²) in [7, 11) is 0. The van der Waals surface area contributed by atoms with Crippen LogP contribution in [-0.2, 0) is 15.1 Å². The lowest BCUT2D eigenvalue weighted by molar-refractivity contribution is -0.0996. The maximum Gasteiger partial charge on any atom is 0.410 e. The van der Waals surface area contributed by atoms with Crippen LogP contribution in [0.5, 0.6) is 0 Å². The molecule has 3 amide bonds. The van der Waals surface area contributed by atoms with Crippen molar-refractivity contribution < 1.29 is 23.9 Å². The molecule has 4 rings (SSSR count). The van der Waals surface area contributed by atoms with Crippen molar-refractivity contribution in [1.29, 1.82) is 0 Å². The van der Waals surface area contributed by atoms with Gasteiger partial charge in [0.05, 0.1) is 29.9 Å². The van der Waals surface area contributed by atoms with Crippen LogP contribution in [0.15, 0.2) is 48.5 Å². The number of hydrogen-bond donors (Lipinski definition) is 0. The number of imide groups is 1. The van der Waals surface area contributed by atoms with E-state index < -0.39 is 11.2 Å². The van der Waals surface area contributed by atoms with Gasteiger partial charge in [-0.15, -0.1) is 0 Å². The molecule has 2 atom stereocenters. The Morgan fingerprint density at radius 2 is 1.69 bits per heavy atom. The van der Waals surface area contributed by atoms with Crippen LogP contribution in [-0.4, -0.2) is 59.5 Å². The van der Waals surface area contributed by atoms with Crippen LogP contribution in [0.25, 0.3) is 0 Å². The smallest absolute Gasteiger partial charge is 0.410 e. The Hall–Kier alpha value is -2.90. The molecule has 2 aliphatic heterocycles. The molecule has 1 fully saturated rings. The fraction of sp³-hybridized carbons (Fsp3) is 0.464. The number of benzene rings is 2. The number of rotatable bonds is 6. The van der Waals surface area contributed by atoms with Crippen molar-refractivity contribution in [3.8, 4) is 0 Å². The van der Waals surface area contributed by atoms with Crippen LogP contribution in [0.1, 0.15) is 66.8 Å². The monoisotopic (exact) mass is 512 g/mol. The van der Waals surface area contributed by atoms with Gasteiger partial charge in [-0.25, -0.2) is 4.79 Å². The molecule has 0 spiro atoms. The van der Waals surface area contributed by atoms with Crippen LogP contribution in [0, 0.1) is 5.92 Å². The first kappa shape index (κ1) is 26.2. The molecule has 0 radical (unpaired) electrons. The number of ether oxygens (including phenoxy) is 2. The third-order valence-electron chi connectivity index (χ3n) is 6.84. The number of nitrogens with zero attached hydrogens (tertiary/aromatic N) is 2. The summed E-state index contributed by atoms with van der Waals surface area (Å²) >= 11 is 6.33. The standard InChI is InChI=1S/C28H33ClN2O5/c1-27(2,3)36-26(34)30-14-8-10-20(18-30)28(4,19-9-7-11-21(29)17-19)35-16-15-31-24(32)22-12-5-6-13-23(22)25(31)33/h5-7,9,11-13,17,20H,8,10,14-16,18H2,1-4H3/t20-,28-/m1/s1. The Balaban J connectivity index is 1.52. The molecule has 7 nitrogen and oxygen atoms in total. The van der Waals surface area contributed by atoms with E-state index in [9.17, 15) is 14.4 Å². The van der Waals surface area contributed by atoms with Crippen molar-refractivity contribution in [2.45, 2.75) is 51.7 Å². The molecule has 0 N–H and O–H groups in total. The van der Waals surface area contributed by atoms with Gasteiger partial charge in [-0.1, -0.05) is 35.9 Å². The zero-order valence-corrected chi connectivity index (χ0v) is 22.0. The molecule has 0 aromatic heterocycles. The number of carbonyl (C=O) groups is 3. The zero-order chi connectivity index (χ0) is 26.1. The molecule has 0 unspecified atom stereocenters. The second kappa shape index (κ2) is 10.2. The largest absolute Gasteiger partial charge is 0.444 e. The third kappa shape index (κ3) is 5.42. The molecular formula is C28H33ClN2O5. The maximum absolute atomic E-state index is 12.8. The van der Waals surface area contributed by atoms with E-state index in [0.29, 0.717) is 29.2 Å². The van der Waals surface area contributed by atoms with Crippen molar-refractivity contribution >= 4 is 29.5 Å². The normalized spacial score (nSPS) is 19.8. The zero-order valence-electron chi connectivity index (χ0n) is 21.3. The number of piperidine rings is 1. The van der Waals surface area contributed by atoms with Gasteiger partial charge in [0.15, 0.2) is 0 Å². The van der Waals surface area contributed by atoms with Crippen molar-refractivity contribution in [3.05, 3.63) is 70.2 Å². The number of halogens is 1. The average molecular weight is 513 g/mol. The van der Waals surface area contributed by atoms with Crippen molar-refractivity contribution in [1.82, 2.24) is 9.80 Å². The quantitative estimate of drug-likeness (QED) is 0.477. The lowest BCUT2D eigenvalue weighted by Crippen LogP contribution is -2.49. The first-order chi connectivity index (χ1) is 17.0. The van der Waals surface area contributed by atoms with Gasteiger partial charge in [-0.3, -0.25) is 14.5 Å². The molecule has 2 aromatic rings. The molecule has 2 aromatic carbocycles. The minimum absolute atomic E-state index is 0.0422. The molecule has 192 valence electrons. The topological polar surface area (TPSA) is 76.2 Å². The van der Waals surface area contributed by atoms with Gasteiger partial charge in [-0.2, -0.15) is 0 Å². The SMILES string of the molecule is CC(C)(C)OC(=O)N1CCC[C@@H]([C@](C)(OCCN2C(=O)c3ccccc3C2=O)c2cccc(Cl)c2)C1. The summed E-state index contributed by atoms with van der Waals surface area (Å²) in [5, 5.41) is 0.586. The number of carbonyl (C=O) groups excluding carboxylic acids is 3. The molecule has 2 aliphatic rings. The minimum atomic E-state index is -0.801. The van der Waals surface area contributed by atoms with Gasteiger partial charge in [0, 0.05) is 24.0 Å². The van der Waals surface area contributed by atoms with E-state index in [0.717, 1.165) is 18.4 Å². The summed E-state index contributed by atoms with van der Waals surface area (Å²) in [6, 6.07) is 14.3. The third-order valence-corrected chi connectivity index (χ3v) is 7.08. The molecule has 8 heteroatoms. The number of amides is 3. The van der Waals surface area contributed by atoms with Crippen molar-refractivity contribution in [3.63, 3.8) is 0 Å². The Labute approximate surface area is 217 Å². The van der Waals surface area contributed by atoms with Crippen LogP contribution < -0.4 is 0 Å². The highest BCUT2D eigenvalue weighted by Crippen LogP contribution is 2.40. The minimum Gasteiger partial charge on any atom is -0.444 e. The van der Waals surface area contributed by atoms with E-state index in [1.165, 1.54) is 4.90 Å². The molecule has 0 saturated carbocycles. The highest BCUT2D eigenvalue weighted by molar-refractivity contribution is 6.30. The molecule has 36 heavy (non-hydrogen) atoms. The molecular weight excluding hydrogens is 480 g/mol. The molecule has 0 bridgehead atoms. The second-order valence-electron chi connectivity index (χ2n) is 10.5. The van der Waals surface area contributed by atoms with E-state index in [1.54, 1.807) is 35.2 Å². The van der Waals surface area contributed by atoms with Gasteiger partial charge in [-0.05, 0) is 70.4 Å². The van der Waals surface area contributed by atoms with E-state index >= 15 is 0 Å². The van der Waals surface area contributed by atoms with E-state index in [2.05, 4.69) is 0 Å². The van der Waals surface area contributed by atoms with E-state index in [4.69, 9.17) is 21.1 Å². The fourth-order valence-corrected chi connectivity index (χ4v) is 5.13. The molecule has 2 heterocycles. The van der Waals surface area contributed by atoms with Crippen LogP contribution in [0.3, 0.4) is 0 Å². The Morgan fingerprint density at radius 3 is 2.31 bits per heavy atom. The van der Waals surface area contributed by atoms with Crippen LogP contribution in [0.2, 0.25) is 5.02 Å². The first-order valence-corrected chi connectivity index (χ1v) is 12.7. The van der Waals surface area contributed by atoms with E-state index in [1.807, 2.05) is 45.9 Å². The predicted octanol–water partition coefficient (Wildman–Crippen LogP) is 5.52. The number of fused-ring (bicyclic) bond motifs is 1. The number of likely N-dealkylation sites (tertiary alicyclic amines) is 1. The highest BCUT2D eigenvalue weighted by atomic mass is 35.5. The van der Waals surface area contributed by atoms with Gasteiger partial charge < -0.3 is 14.4 Å². The lowest BCUT2D eigenvalue weighted by Gasteiger charge is -2.44. The Bertz CT molecular complexity index is 1130. The summed E-state index contributed by atoms with van der Waals surface area (Å²) in [6.45, 7) is 8.91. The summed E-state index contributed by atoms with van der Waals surface area (Å²) < 4.78 is 12.1. The lowest BCUT2D eigenvalue weighted by atomic mass is 9.78. The second-order valence-corrected chi connectivity index (χ2v) is 11.0. The summed E-state index contributed by atoms with van der Waals surface area (Å²) in [4.78, 5) is 41.3.